The highest BCUT2D eigenvalue weighted by atomic mass is 16.5. The van der Waals surface area contributed by atoms with Crippen molar-refractivity contribution in [1.82, 2.24) is 0 Å². The van der Waals surface area contributed by atoms with Gasteiger partial charge in [-0.3, -0.25) is 4.79 Å². The quantitative estimate of drug-likeness (QED) is 0.104. The Labute approximate surface area is 182 Å². The number of rotatable bonds is 17. The summed E-state index contributed by atoms with van der Waals surface area (Å²) in [5.41, 5.74) is 0. The summed E-state index contributed by atoms with van der Waals surface area (Å²) in [6.07, 6.45) is 20.3. The van der Waals surface area contributed by atoms with Gasteiger partial charge in [-0.1, -0.05) is 70.4 Å². The van der Waals surface area contributed by atoms with Crippen molar-refractivity contribution in [2.75, 3.05) is 13.2 Å². The van der Waals surface area contributed by atoms with Crippen molar-refractivity contribution in [1.29, 1.82) is 0 Å². The van der Waals surface area contributed by atoms with E-state index in [1.54, 1.807) is 0 Å². The van der Waals surface area contributed by atoms with Gasteiger partial charge in [-0.2, -0.15) is 0 Å². The van der Waals surface area contributed by atoms with Crippen LogP contribution in [0.2, 0.25) is 0 Å². The fraction of sp³-hybridized carbons (Fsp3) is 0.857. The van der Waals surface area contributed by atoms with Crippen molar-refractivity contribution in [3.05, 3.63) is 12.2 Å². The largest absolute Gasteiger partial charge is 0.631 e. The van der Waals surface area contributed by atoms with E-state index in [9.17, 15) is 4.79 Å². The second-order valence-electron chi connectivity index (χ2n) is 7.09. The van der Waals surface area contributed by atoms with Crippen LogP contribution in [0.1, 0.15) is 96.8 Å². The maximum atomic E-state index is 10.3. The molecule has 0 heterocycles. The van der Waals surface area contributed by atoms with Gasteiger partial charge < -0.3 is 35.5 Å². The Bertz CT molecular complexity index is 347. The molecule has 0 saturated carbocycles. The summed E-state index contributed by atoms with van der Waals surface area (Å²) < 4.78 is 0. The van der Waals surface area contributed by atoms with Gasteiger partial charge in [0.25, 0.3) is 0 Å². The van der Waals surface area contributed by atoms with Crippen LogP contribution in [-0.2, 0) is 4.79 Å². The lowest BCUT2D eigenvalue weighted by Gasteiger charge is -1.99. The van der Waals surface area contributed by atoms with Gasteiger partial charge in [0, 0.05) is 6.42 Å². The zero-order chi connectivity index (χ0) is 23.5. The average Bonchev–Trinajstić information content (AvgIpc) is 2.70. The number of hydrogen-bond donors (Lipinski definition) is 7. The molecule has 0 fully saturated rings. The van der Waals surface area contributed by atoms with E-state index in [0.717, 1.165) is 12.8 Å². The van der Waals surface area contributed by atoms with E-state index in [1.807, 2.05) is 0 Å². The molecule has 8 nitrogen and oxygen atoms in total. The van der Waals surface area contributed by atoms with Gasteiger partial charge in [-0.05, 0) is 32.1 Å². The molecule has 0 aliphatic heterocycles. The molecule has 0 spiro atoms. The van der Waals surface area contributed by atoms with E-state index in [2.05, 4.69) is 19.1 Å². The van der Waals surface area contributed by atoms with Crippen LogP contribution in [0, 0.1) is 0 Å². The van der Waals surface area contributed by atoms with Gasteiger partial charge >= 0.3 is 13.3 Å². The van der Waals surface area contributed by atoms with Gasteiger partial charge in [-0.15, -0.1) is 0 Å². The number of allylic oxidation sites excluding steroid dienone is 2. The standard InChI is InChI=1S/C18H34O2.C3H8O3.BH3O3/c1-2-3-4-5-6-7-8-9-10-11-12-13-14-15-16-17-18(19)20;4-1-3(6)2-5;2-1(3)4/h9-10H,2-8,11-17H2,1H3,(H,19,20);3-6H,1-2H2;2-4H. The van der Waals surface area contributed by atoms with Crippen LogP contribution in [-0.4, -0.2) is 68.1 Å². The van der Waals surface area contributed by atoms with Crippen LogP contribution < -0.4 is 0 Å². The van der Waals surface area contributed by atoms with Crippen LogP contribution in [0.4, 0.5) is 0 Å². The molecular formula is C21H45BO8. The van der Waals surface area contributed by atoms with Crippen molar-refractivity contribution < 1.29 is 40.3 Å². The Hall–Kier alpha value is -0.965. The number of carbonyl (C=O) groups is 1. The first-order valence-corrected chi connectivity index (χ1v) is 11.1. The molecule has 7 N–H and O–H groups in total. The minimum Gasteiger partial charge on any atom is -0.481 e. The predicted octanol–water partition coefficient (Wildman–Crippen LogP) is 2.39. The molecule has 0 aliphatic rings. The first-order chi connectivity index (χ1) is 14.3. The molecular weight excluding hydrogens is 391 g/mol. The molecule has 0 bridgehead atoms. The fourth-order valence-corrected chi connectivity index (χ4v) is 2.40. The van der Waals surface area contributed by atoms with E-state index < -0.39 is 19.4 Å². The highest BCUT2D eigenvalue weighted by Crippen LogP contribution is 2.09. The number of aliphatic hydroxyl groups excluding tert-OH is 3. The Morgan fingerprint density at radius 3 is 1.47 bits per heavy atom. The van der Waals surface area contributed by atoms with E-state index in [0.29, 0.717) is 6.42 Å². The van der Waals surface area contributed by atoms with E-state index in [4.69, 9.17) is 35.5 Å². The van der Waals surface area contributed by atoms with Gasteiger partial charge in [0.1, 0.15) is 6.10 Å². The van der Waals surface area contributed by atoms with Crippen LogP contribution in [0.3, 0.4) is 0 Å². The first-order valence-electron chi connectivity index (χ1n) is 11.1. The third-order valence-corrected chi connectivity index (χ3v) is 4.07. The lowest BCUT2D eigenvalue weighted by atomic mass is 10.1. The number of aliphatic carboxylic acids is 1. The van der Waals surface area contributed by atoms with Crippen LogP contribution in [0.5, 0.6) is 0 Å². The molecule has 30 heavy (non-hydrogen) atoms. The van der Waals surface area contributed by atoms with Crippen molar-refractivity contribution in [2.45, 2.75) is 103 Å². The smallest absolute Gasteiger partial charge is 0.481 e. The van der Waals surface area contributed by atoms with Gasteiger partial charge in [0.2, 0.25) is 0 Å². The maximum absolute atomic E-state index is 10.3. The lowest BCUT2D eigenvalue weighted by Crippen LogP contribution is -2.15. The summed E-state index contributed by atoms with van der Waals surface area (Å²) in [6.45, 7) is 1.53. The number of unbranched alkanes of at least 4 members (excludes halogenated alkanes) is 11. The topological polar surface area (TPSA) is 159 Å². The fourth-order valence-electron chi connectivity index (χ4n) is 2.40. The molecule has 0 aromatic carbocycles. The Kier molecular flexibility index (Phi) is 33.9. The highest BCUT2D eigenvalue weighted by Gasteiger charge is 1.96. The summed E-state index contributed by atoms with van der Waals surface area (Å²) in [5, 5.41) is 54.0. The molecule has 0 aromatic rings. The van der Waals surface area contributed by atoms with Crippen molar-refractivity contribution in [2.24, 2.45) is 0 Å². The SMILES string of the molecule is CCCCCCCCC=CCCCCCCCC(=O)O.OB(O)O.OCC(O)CO. The molecule has 180 valence electrons. The molecule has 0 unspecified atom stereocenters. The Balaban J connectivity index is -0.000000600. The van der Waals surface area contributed by atoms with Gasteiger partial charge in [0.15, 0.2) is 0 Å². The first kappa shape index (κ1) is 33.7. The molecule has 0 aromatic heterocycles. The molecule has 0 saturated heterocycles. The second kappa shape index (κ2) is 30.2. The third kappa shape index (κ3) is 45.7. The van der Waals surface area contributed by atoms with E-state index >= 15 is 0 Å². The van der Waals surface area contributed by atoms with Crippen LogP contribution >= 0.6 is 0 Å². The van der Waals surface area contributed by atoms with Gasteiger partial charge in [0.05, 0.1) is 13.2 Å². The van der Waals surface area contributed by atoms with Crippen molar-refractivity contribution >= 4 is 13.3 Å². The summed E-state index contributed by atoms with van der Waals surface area (Å²) in [5.74, 6) is -0.664. The van der Waals surface area contributed by atoms with Crippen LogP contribution in [0.25, 0.3) is 0 Å². The lowest BCUT2D eigenvalue weighted by molar-refractivity contribution is -0.137. The van der Waals surface area contributed by atoms with E-state index in [-0.39, 0.29) is 13.2 Å². The van der Waals surface area contributed by atoms with Crippen LogP contribution in [0.15, 0.2) is 12.2 Å². The number of carboxylic acids is 1. The monoisotopic (exact) mass is 436 g/mol. The van der Waals surface area contributed by atoms with Gasteiger partial charge in [-0.25, -0.2) is 0 Å². The summed E-state index contributed by atoms with van der Waals surface area (Å²) in [4.78, 5) is 10.3. The third-order valence-electron chi connectivity index (χ3n) is 4.07. The Morgan fingerprint density at radius 2 is 1.13 bits per heavy atom. The van der Waals surface area contributed by atoms with Crippen molar-refractivity contribution in [3.8, 4) is 0 Å². The number of aliphatic hydroxyl groups is 3. The molecule has 0 rings (SSSR count). The summed E-state index contributed by atoms with van der Waals surface area (Å²) in [7, 11) is -2.17. The second-order valence-corrected chi connectivity index (χ2v) is 7.09. The summed E-state index contributed by atoms with van der Waals surface area (Å²) in [6, 6.07) is 0. The molecule has 0 aliphatic carbocycles. The minimum absolute atomic E-state index is 0.332. The molecule has 0 radical (unpaired) electrons. The van der Waals surface area contributed by atoms with Crippen molar-refractivity contribution in [3.63, 3.8) is 0 Å². The summed E-state index contributed by atoms with van der Waals surface area (Å²) >= 11 is 0. The molecule has 0 atom stereocenters. The normalized spacial score (nSPS) is 10.4. The highest BCUT2D eigenvalue weighted by molar-refractivity contribution is 6.30. The Morgan fingerprint density at radius 1 is 0.767 bits per heavy atom. The molecule has 0 amide bonds. The zero-order valence-electron chi connectivity index (χ0n) is 18.7. The average molecular weight is 436 g/mol. The van der Waals surface area contributed by atoms with E-state index in [1.165, 1.54) is 70.6 Å². The number of carboxylic acid groups (broad SMARTS) is 1. The maximum Gasteiger partial charge on any atom is 0.631 e. The number of hydrogen-bond acceptors (Lipinski definition) is 7. The minimum atomic E-state index is -2.17. The molecule has 9 heteroatoms. The predicted molar refractivity (Wildman–Crippen MR) is 120 cm³/mol. The zero-order valence-corrected chi connectivity index (χ0v) is 18.7.